The molecule has 0 N–H and O–H groups in total. The van der Waals surface area contributed by atoms with Crippen LogP contribution < -0.4 is 4.74 Å². The average molecular weight is 353 g/mol. The van der Waals surface area contributed by atoms with Gasteiger partial charge in [-0.15, -0.1) is 0 Å². The minimum absolute atomic E-state index is 0.254. The van der Waals surface area contributed by atoms with Crippen molar-refractivity contribution in [3.8, 4) is 5.75 Å². The van der Waals surface area contributed by atoms with Gasteiger partial charge in [-0.3, -0.25) is 0 Å². The van der Waals surface area contributed by atoms with E-state index in [-0.39, 0.29) is 11.0 Å². The van der Waals surface area contributed by atoms with Crippen molar-refractivity contribution in [1.29, 1.82) is 0 Å². The lowest BCUT2D eigenvalue weighted by molar-refractivity contribution is 0.0597. The van der Waals surface area contributed by atoms with Crippen LogP contribution in [0.1, 0.15) is 49.5 Å². The van der Waals surface area contributed by atoms with E-state index in [1.807, 2.05) is 12.1 Å². The van der Waals surface area contributed by atoms with Crippen molar-refractivity contribution in [3.63, 3.8) is 0 Å². The van der Waals surface area contributed by atoms with Gasteiger partial charge in [-0.2, -0.15) is 0 Å². The van der Waals surface area contributed by atoms with Crippen LogP contribution in [0.3, 0.4) is 0 Å². The number of ether oxygens (including phenoxy) is 2. The summed E-state index contributed by atoms with van der Waals surface area (Å²) in [6, 6.07) is 5.65. The summed E-state index contributed by atoms with van der Waals surface area (Å²) in [5, 5.41) is 0.254. The second kappa shape index (κ2) is 8.67. The van der Waals surface area contributed by atoms with Crippen molar-refractivity contribution in [2.45, 2.75) is 58.2 Å². The predicted molar refractivity (Wildman–Crippen MR) is 100 cm³/mol. The third kappa shape index (κ3) is 5.63. The molecule has 136 valence electrons. The van der Waals surface area contributed by atoms with Crippen molar-refractivity contribution < 1.29 is 18.7 Å². The molecule has 1 rings (SSSR count). The van der Waals surface area contributed by atoms with Gasteiger partial charge in [0, 0.05) is 6.61 Å². The molecule has 0 atom stereocenters. The molecule has 0 unspecified atom stereocenters. The van der Waals surface area contributed by atoms with Crippen molar-refractivity contribution in [2.75, 3.05) is 20.8 Å². The number of carbonyl (C=O) groups excluding carboxylic acids is 1. The lowest BCUT2D eigenvalue weighted by atomic mass is 10.1. The normalized spacial score (nSPS) is 12.1. The molecule has 0 saturated carbocycles. The van der Waals surface area contributed by atoms with Crippen LogP contribution in [0, 0.1) is 0 Å². The molecule has 5 heteroatoms. The van der Waals surface area contributed by atoms with E-state index in [2.05, 4.69) is 33.9 Å². The molecule has 0 saturated heterocycles. The van der Waals surface area contributed by atoms with Gasteiger partial charge < -0.3 is 13.9 Å². The molecule has 0 aromatic heterocycles. The summed E-state index contributed by atoms with van der Waals surface area (Å²) < 4.78 is 16.3. The van der Waals surface area contributed by atoms with Crippen molar-refractivity contribution in [2.24, 2.45) is 0 Å². The van der Waals surface area contributed by atoms with Gasteiger partial charge in [0.15, 0.2) is 8.32 Å². The standard InChI is InChI=1S/C19H32O4Si/c1-19(2,3)24(6,7)23-13-9-8-10-15-11-12-16(18(20)22-5)17(14-15)21-4/h11-12,14H,8-10,13H2,1-7H3. The molecule has 0 amide bonds. The number of benzene rings is 1. The first kappa shape index (κ1) is 20.7. The maximum Gasteiger partial charge on any atom is 0.341 e. The smallest absolute Gasteiger partial charge is 0.341 e. The Hall–Kier alpha value is -1.33. The zero-order valence-corrected chi connectivity index (χ0v) is 17.2. The molecule has 0 spiro atoms. The van der Waals surface area contributed by atoms with Gasteiger partial charge in [-0.05, 0) is 55.1 Å². The molecule has 0 aliphatic heterocycles. The Kier molecular flexibility index (Phi) is 7.48. The quantitative estimate of drug-likeness (QED) is 0.382. The fraction of sp³-hybridized carbons (Fsp3) is 0.632. The first-order valence-corrected chi connectivity index (χ1v) is 11.4. The lowest BCUT2D eigenvalue weighted by Gasteiger charge is -2.36. The molecular formula is C19H32O4Si. The highest BCUT2D eigenvalue weighted by molar-refractivity contribution is 6.74. The van der Waals surface area contributed by atoms with Crippen LogP contribution in [-0.2, 0) is 15.6 Å². The van der Waals surface area contributed by atoms with Gasteiger partial charge in [-0.25, -0.2) is 4.79 Å². The van der Waals surface area contributed by atoms with E-state index in [0.717, 1.165) is 31.4 Å². The van der Waals surface area contributed by atoms with Gasteiger partial charge in [0.2, 0.25) is 0 Å². The van der Waals surface area contributed by atoms with Crippen LogP contribution in [0.15, 0.2) is 18.2 Å². The lowest BCUT2D eigenvalue weighted by Crippen LogP contribution is -2.40. The maximum atomic E-state index is 11.7. The Labute approximate surface area is 147 Å². The third-order valence-electron chi connectivity index (χ3n) is 4.80. The molecular weight excluding hydrogens is 320 g/mol. The van der Waals surface area contributed by atoms with E-state index in [9.17, 15) is 4.79 Å². The molecule has 0 heterocycles. The third-order valence-corrected chi connectivity index (χ3v) is 9.34. The molecule has 1 aromatic carbocycles. The summed E-state index contributed by atoms with van der Waals surface area (Å²) >= 11 is 0. The topological polar surface area (TPSA) is 44.8 Å². The monoisotopic (exact) mass is 352 g/mol. The van der Waals surface area contributed by atoms with Crippen LogP contribution in [0.4, 0.5) is 0 Å². The fourth-order valence-corrected chi connectivity index (χ4v) is 3.23. The predicted octanol–water partition coefficient (Wildman–Crippen LogP) is 4.83. The fourth-order valence-electron chi connectivity index (χ4n) is 2.14. The SMILES string of the molecule is COC(=O)c1ccc(CCCCO[Si](C)(C)C(C)(C)C)cc1OC. The van der Waals surface area contributed by atoms with Crippen LogP contribution in [0.5, 0.6) is 5.75 Å². The first-order valence-electron chi connectivity index (χ1n) is 8.51. The van der Waals surface area contributed by atoms with Gasteiger partial charge >= 0.3 is 5.97 Å². The summed E-state index contributed by atoms with van der Waals surface area (Å²) in [5.41, 5.74) is 1.62. The highest BCUT2D eigenvalue weighted by atomic mass is 28.4. The van der Waals surface area contributed by atoms with Crippen LogP contribution >= 0.6 is 0 Å². The minimum Gasteiger partial charge on any atom is -0.496 e. The van der Waals surface area contributed by atoms with E-state index in [1.54, 1.807) is 13.2 Å². The molecule has 0 aliphatic rings. The Balaban J connectivity index is 2.50. The number of methoxy groups -OCH3 is 2. The molecule has 0 fully saturated rings. The van der Waals surface area contributed by atoms with Crippen molar-refractivity contribution in [3.05, 3.63) is 29.3 Å². The maximum absolute atomic E-state index is 11.7. The molecule has 1 aromatic rings. The number of hydrogen-bond donors (Lipinski definition) is 0. The Morgan fingerprint density at radius 1 is 1.12 bits per heavy atom. The molecule has 0 bridgehead atoms. The number of rotatable bonds is 8. The summed E-state index contributed by atoms with van der Waals surface area (Å²) in [7, 11) is 1.30. The number of esters is 1. The van der Waals surface area contributed by atoms with E-state index >= 15 is 0 Å². The highest BCUT2D eigenvalue weighted by Crippen LogP contribution is 2.36. The second-order valence-corrected chi connectivity index (χ2v) is 12.4. The van der Waals surface area contributed by atoms with E-state index in [4.69, 9.17) is 13.9 Å². The number of unbranched alkanes of at least 4 members (excludes halogenated alkanes) is 1. The van der Waals surface area contributed by atoms with E-state index < -0.39 is 8.32 Å². The van der Waals surface area contributed by atoms with Crippen LogP contribution in [0.2, 0.25) is 18.1 Å². The number of carbonyl (C=O) groups is 1. The van der Waals surface area contributed by atoms with E-state index in [1.165, 1.54) is 7.11 Å². The molecule has 24 heavy (non-hydrogen) atoms. The summed E-state index contributed by atoms with van der Waals surface area (Å²) in [6.07, 6.45) is 3.03. The largest absolute Gasteiger partial charge is 0.496 e. The average Bonchev–Trinajstić information content (AvgIpc) is 2.52. The summed E-state index contributed by atoms with van der Waals surface area (Å²) in [5.74, 6) is 0.193. The molecule has 0 radical (unpaired) electrons. The zero-order valence-electron chi connectivity index (χ0n) is 16.2. The summed E-state index contributed by atoms with van der Waals surface area (Å²) in [4.78, 5) is 11.7. The Bertz CT molecular complexity index is 547. The van der Waals surface area contributed by atoms with Crippen LogP contribution in [-0.4, -0.2) is 35.1 Å². The summed E-state index contributed by atoms with van der Waals surface area (Å²) in [6.45, 7) is 12.2. The number of aryl methyl sites for hydroxylation is 1. The van der Waals surface area contributed by atoms with Gasteiger partial charge in [-0.1, -0.05) is 26.8 Å². The van der Waals surface area contributed by atoms with Gasteiger partial charge in [0.05, 0.1) is 14.2 Å². The van der Waals surface area contributed by atoms with Gasteiger partial charge in [0.1, 0.15) is 11.3 Å². The Morgan fingerprint density at radius 2 is 1.79 bits per heavy atom. The molecule has 0 aliphatic carbocycles. The van der Waals surface area contributed by atoms with Crippen LogP contribution in [0.25, 0.3) is 0 Å². The van der Waals surface area contributed by atoms with Crippen molar-refractivity contribution >= 4 is 14.3 Å². The van der Waals surface area contributed by atoms with E-state index in [0.29, 0.717) is 11.3 Å². The highest BCUT2D eigenvalue weighted by Gasteiger charge is 2.36. The molecule has 4 nitrogen and oxygen atoms in total. The zero-order chi connectivity index (χ0) is 18.4. The van der Waals surface area contributed by atoms with Gasteiger partial charge in [0.25, 0.3) is 0 Å². The second-order valence-electron chi connectivity index (χ2n) is 7.59. The van der Waals surface area contributed by atoms with Crippen molar-refractivity contribution in [1.82, 2.24) is 0 Å². The minimum atomic E-state index is -1.64. The Morgan fingerprint density at radius 3 is 2.33 bits per heavy atom. The number of hydrogen-bond acceptors (Lipinski definition) is 4. The first-order chi connectivity index (χ1) is 11.1.